The van der Waals surface area contributed by atoms with E-state index in [4.69, 9.17) is 4.74 Å². The monoisotopic (exact) mass is 558 g/mol. The molecule has 1 amide bonds. The van der Waals surface area contributed by atoms with Crippen molar-refractivity contribution in [2.24, 2.45) is 5.10 Å². The van der Waals surface area contributed by atoms with Crippen LogP contribution < -0.4 is 14.5 Å². The Hall–Kier alpha value is -4.37. The summed E-state index contributed by atoms with van der Waals surface area (Å²) in [5, 5.41) is 4.15. The van der Waals surface area contributed by atoms with Crippen molar-refractivity contribution in [2.45, 2.75) is 40.7 Å². The Morgan fingerprint density at radius 2 is 1.60 bits per heavy atom. The molecule has 0 radical (unpaired) electrons. The Bertz CT molecular complexity index is 1640. The molecule has 0 aliphatic heterocycles. The highest BCUT2D eigenvalue weighted by molar-refractivity contribution is 7.92. The fourth-order valence-corrected chi connectivity index (χ4v) is 5.87. The summed E-state index contributed by atoms with van der Waals surface area (Å²) in [5.41, 5.74) is 9.14. The zero-order chi connectivity index (χ0) is 29.0. The number of carbonyl (C=O) groups excluding carboxylic acids is 1. The van der Waals surface area contributed by atoms with Gasteiger partial charge in [-0.05, 0) is 88.7 Å². The van der Waals surface area contributed by atoms with Crippen LogP contribution in [-0.2, 0) is 14.8 Å². The second-order valence-corrected chi connectivity index (χ2v) is 11.7. The van der Waals surface area contributed by atoms with Crippen LogP contribution in [0.5, 0.6) is 11.5 Å². The van der Waals surface area contributed by atoms with Gasteiger partial charge < -0.3 is 9.30 Å². The fourth-order valence-electron chi connectivity index (χ4n) is 4.70. The summed E-state index contributed by atoms with van der Waals surface area (Å²) in [6.45, 7) is 9.67. The molecule has 1 aromatic heterocycles. The van der Waals surface area contributed by atoms with Gasteiger partial charge in [-0.2, -0.15) is 5.10 Å². The maximum Gasteiger partial charge on any atom is 0.263 e. The summed E-state index contributed by atoms with van der Waals surface area (Å²) in [4.78, 5) is 13.0. The number of rotatable bonds is 9. The molecule has 0 spiro atoms. The minimum Gasteiger partial charge on any atom is -0.457 e. The Morgan fingerprint density at radius 1 is 0.950 bits per heavy atom. The summed E-state index contributed by atoms with van der Waals surface area (Å²) >= 11 is 0. The zero-order valence-electron chi connectivity index (χ0n) is 23.5. The lowest BCUT2D eigenvalue weighted by atomic mass is 10.1. The van der Waals surface area contributed by atoms with Crippen LogP contribution in [0.2, 0.25) is 0 Å². The number of ether oxygens (including phenoxy) is 1. The van der Waals surface area contributed by atoms with Gasteiger partial charge in [0.15, 0.2) is 0 Å². The van der Waals surface area contributed by atoms with E-state index in [1.807, 2.05) is 50.2 Å². The fraction of sp³-hybridized carbons (Fsp3) is 0.226. The second-order valence-electron chi connectivity index (χ2n) is 9.83. The first-order chi connectivity index (χ1) is 19.0. The molecule has 1 atom stereocenters. The molecule has 0 saturated heterocycles. The van der Waals surface area contributed by atoms with Gasteiger partial charge in [-0.1, -0.05) is 35.9 Å². The van der Waals surface area contributed by atoms with E-state index in [-0.39, 0.29) is 0 Å². The highest BCUT2D eigenvalue weighted by Gasteiger charge is 2.29. The second kappa shape index (κ2) is 11.8. The van der Waals surface area contributed by atoms with Crippen molar-refractivity contribution in [1.82, 2.24) is 9.99 Å². The first kappa shape index (κ1) is 28.6. The van der Waals surface area contributed by atoms with Crippen LogP contribution in [0.15, 0.2) is 84.0 Å². The Balaban J connectivity index is 1.49. The number of hydrazone groups is 1. The van der Waals surface area contributed by atoms with Crippen LogP contribution in [0.1, 0.15) is 35.0 Å². The molecule has 4 aromatic rings. The number of aromatic nitrogens is 1. The quantitative estimate of drug-likeness (QED) is 0.207. The van der Waals surface area contributed by atoms with Gasteiger partial charge in [0.05, 0.1) is 18.2 Å². The third-order valence-corrected chi connectivity index (χ3v) is 7.84. The van der Waals surface area contributed by atoms with E-state index in [0.29, 0.717) is 17.2 Å². The topological polar surface area (TPSA) is 93.0 Å². The highest BCUT2D eigenvalue weighted by Crippen LogP contribution is 2.27. The number of hydrogen-bond donors (Lipinski definition) is 1. The van der Waals surface area contributed by atoms with Gasteiger partial charge in [0, 0.05) is 22.6 Å². The van der Waals surface area contributed by atoms with Crippen LogP contribution in [0, 0.1) is 27.7 Å². The number of hydrogen-bond acceptors (Lipinski definition) is 5. The van der Waals surface area contributed by atoms with Crippen LogP contribution >= 0.6 is 0 Å². The third kappa shape index (κ3) is 6.43. The minimum absolute atomic E-state index is 0.339. The van der Waals surface area contributed by atoms with Gasteiger partial charge in [0.2, 0.25) is 10.0 Å². The van der Waals surface area contributed by atoms with Crippen molar-refractivity contribution >= 4 is 27.8 Å². The Kier molecular flexibility index (Phi) is 8.44. The van der Waals surface area contributed by atoms with Crippen molar-refractivity contribution < 1.29 is 17.9 Å². The average molecular weight is 559 g/mol. The summed E-state index contributed by atoms with van der Waals surface area (Å²) in [7, 11) is -3.78. The van der Waals surface area contributed by atoms with Crippen molar-refractivity contribution in [2.75, 3.05) is 10.6 Å². The smallest absolute Gasteiger partial charge is 0.263 e. The molecule has 208 valence electrons. The van der Waals surface area contributed by atoms with Crippen molar-refractivity contribution in [1.29, 1.82) is 0 Å². The molecule has 0 fully saturated rings. The molecule has 0 aliphatic rings. The van der Waals surface area contributed by atoms with E-state index in [0.717, 1.165) is 38.8 Å². The lowest BCUT2D eigenvalue weighted by Crippen LogP contribution is -2.46. The molecule has 8 nitrogen and oxygen atoms in total. The first-order valence-corrected chi connectivity index (χ1v) is 14.7. The van der Waals surface area contributed by atoms with Gasteiger partial charge in [-0.15, -0.1) is 0 Å². The van der Waals surface area contributed by atoms with E-state index in [1.54, 1.807) is 30.5 Å². The number of benzene rings is 3. The molecule has 0 bridgehead atoms. The number of para-hydroxylation sites is 1. The van der Waals surface area contributed by atoms with Crippen LogP contribution in [0.4, 0.5) is 5.69 Å². The molecular weight excluding hydrogens is 524 g/mol. The molecule has 0 unspecified atom stereocenters. The van der Waals surface area contributed by atoms with Crippen LogP contribution in [0.25, 0.3) is 5.69 Å². The molecule has 1 heterocycles. The van der Waals surface area contributed by atoms with Crippen molar-refractivity contribution in [3.63, 3.8) is 0 Å². The van der Waals surface area contributed by atoms with Crippen LogP contribution in [-0.4, -0.2) is 37.4 Å². The molecular formula is C31H34N4O4S. The number of anilines is 1. The van der Waals surface area contributed by atoms with E-state index in [2.05, 4.69) is 47.1 Å². The molecule has 9 heteroatoms. The summed E-state index contributed by atoms with van der Waals surface area (Å²) in [5.74, 6) is 0.647. The molecule has 3 aromatic carbocycles. The Labute approximate surface area is 236 Å². The maximum absolute atomic E-state index is 13.0. The molecule has 1 N–H and O–H groups in total. The average Bonchev–Trinajstić information content (AvgIpc) is 3.17. The van der Waals surface area contributed by atoms with Crippen molar-refractivity contribution in [3.05, 3.63) is 107 Å². The van der Waals surface area contributed by atoms with E-state index in [1.165, 1.54) is 12.5 Å². The minimum atomic E-state index is -3.78. The largest absolute Gasteiger partial charge is 0.457 e. The van der Waals surface area contributed by atoms with Crippen molar-refractivity contribution in [3.8, 4) is 17.2 Å². The lowest BCUT2D eigenvalue weighted by molar-refractivity contribution is -0.121. The van der Waals surface area contributed by atoms with Crippen LogP contribution in [0.3, 0.4) is 0 Å². The number of amides is 1. The lowest BCUT2D eigenvalue weighted by Gasteiger charge is -2.27. The summed E-state index contributed by atoms with van der Waals surface area (Å²) in [6.07, 6.45) is 2.64. The number of nitrogens with zero attached hydrogens (tertiary/aromatic N) is 3. The van der Waals surface area contributed by atoms with Gasteiger partial charge in [0.25, 0.3) is 5.91 Å². The molecule has 0 aliphatic carbocycles. The number of carbonyl (C=O) groups is 1. The third-order valence-electron chi connectivity index (χ3n) is 6.60. The molecule has 40 heavy (non-hydrogen) atoms. The molecule has 4 rings (SSSR count). The standard InChI is InChI=1S/C31H34N4O4S/c1-21-12-17-30(22(2)18-21)34-23(3)19-26(24(34)4)20-32-33-31(36)25(5)35(40(6,37)38)27-13-15-29(16-14-27)39-28-10-8-7-9-11-28/h7-20,25H,1-6H3,(H,33,36)/b32-20-/t25-/m1/s1. The zero-order valence-corrected chi connectivity index (χ0v) is 24.4. The van der Waals surface area contributed by atoms with E-state index >= 15 is 0 Å². The first-order valence-electron chi connectivity index (χ1n) is 12.9. The number of nitrogens with one attached hydrogen (secondary N) is 1. The van der Waals surface area contributed by atoms with Gasteiger partial charge >= 0.3 is 0 Å². The summed E-state index contributed by atoms with van der Waals surface area (Å²) in [6, 6.07) is 23.1. The number of sulfonamides is 1. The predicted molar refractivity (Wildman–Crippen MR) is 160 cm³/mol. The molecule has 0 saturated carbocycles. The van der Waals surface area contributed by atoms with Gasteiger partial charge in [-0.3, -0.25) is 9.10 Å². The van der Waals surface area contributed by atoms with E-state index in [9.17, 15) is 13.2 Å². The highest BCUT2D eigenvalue weighted by atomic mass is 32.2. The van der Waals surface area contributed by atoms with Gasteiger partial charge in [-0.25, -0.2) is 13.8 Å². The predicted octanol–water partition coefficient (Wildman–Crippen LogP) is 5.81. The normalized spacial score (nSPS) is 12.3. The van der Waals surface area contributed by atoms with E-state index < -0.39 is 22.0 Å². The number of aryl methyl sites for hydroxylation is 3. The maximum atomic E-state index is 13.0. The summed E-state index contributed by atoms with van der Waals surface area (Å²) < 4.78 is 34.4. The SMILES string of the molecule is Cc1ccc(-n2c(C)cc(/C=N\NC(=O)[C@@H](C)N(c3ccc(Oc4ccccc4)cc3)S(C)(=O)=O)c2C)c(C)c1. The Morgan fingerprint density at radius 3 is 2.23 bits per heavy atom. The van der Waals surface area contributed by atoms with Gasteiger partial charge in [0.1, 0.15) is 17.5 Å².